The van der Waals surface area contributed by atoms with Crippen LogP contribution in [0.15, 0.2) is 340 Å². The number of nitrogens with zero attached hydrogens (tertiary/aromatic N) is 4. The zero-order valence-electron chi connectivity index (χ0n) is 70.5. The summed E-state index contributed by atoms with van der Waals surface area (Å²) in [6, 6.07) is 98.0. The Kier molecular flexibility index (Phi) is 13.2. The van der Waals surface area contributed by atoms with E-state index in [2.05, 4.69) is 306 Å². The lowest BCUT2D eigenvalue weighted by Gasteiger charge is -2.45. The molecule has 0 N–H and O–H groups in total. The van der Waals surface area contributed by atoms with E-state index in [1.165, 1.54) is 11.1 Å². The van der Waals surface area contributed by atoms with Gasteiger partial charge in [-0.15, -0.1) is 0 Å². The highest BCUT2D eigenvalue weighted by atomic mass is 15.2. The fourth-order valence-corrected chi connectivity index (χ4v) is 16.6. The summed E-state index contributed by atoms with van der Waals surface area (Å²) in [5.41, 5.74) is 25.0. The van der Waals surface area contributed by atoms with Crippen LogP contribution in [0.5, 0.6) is 0 Å². The van der Waals surface area contributed by atoms with Crippen LogP contribution in [0.2, 0.25) is 0 Å². The highest BCUT2D eigenvalue weighted by Gasteiger charge is 2.46. The summed E-state index contributed by atoms with van der Waals surface area (Å²) in [5, 5.41) is 3.14. The Labute approximate surface area is 641 Å². The number of fused-ring (bicyclic) bond motifs is 10. The van der Waals surface area contributed by atoms with Crippen molar-refractivity contribution >= 4 is 101 Å². The maximum absolute atomic E-state index is 10.4. The maximum atomic E-state index is 10.4. The minimum Gasteiger partial charge on any atom is -0.311 e. The molecule has 4 heterocycles. The van der Waals surface area contributed by atoms with Gasteiger partial charge in [0.05, 0.1) is 45.8 Å². The Morgan fingerprint density at radius 1 is 0.262 bits per heavy atom. The molecule has 0 saturated heterocycles. The third-order valence-corrected chi connectivity index (χ3v) is 22.1. The summed E-state index contributed by atoms with van der Waals surface area (Å²) in [6.07, 6.45) is 0. The van der Waals surface area contributed by atoms with Gasteiger partial charge in [0, 0.05) is 66.8 Å². The summed E-state index contributed by atoms with van der Waals surface area (Å²) in [5.74, 6) is 0. The van der Waals surface area contributed by atoms with E-state index in [1.807, 2.05) is 60.7 Å². The molecule has 17 aromatic rings. The largest absolute Gasteiger partial charge is 0.311 e. The zero-order valence-corrected chi connectivity index (χ0v) is 61.5. The first-order chi connectivity index (χ1) is 55.7. The summed E-state index contributed by atoms with van der Waals surface area (Å²) < 4.78 is 90.9. The lowest BCUT2D eigenvalue weighted by atomic mass is 9.33. The van der Waals surface area contributed by atoms with Crippen LogP contribution in [0.4, 0.5) is 34.1 Å². The molecule has 2 aliphatic rings. The van der Waals surface area contributed by atoms with Gasteiger partial charge in [-0.1, -0.05) is 311 Å². The Hall–Kier alpha value is -12.4. The van der Waals surface area contributed by atoms with Crippen molar-refractivity contribution < 1.29 is 12.3 Å². The Morgan fingerprint density at radius 2 is 0.701 bits per heavy atom. The van der Waals surface area contributed by atoms with E-state index >= 15 is 0 Å². The summed E-state index contributed by atoms with van der Waals surface area (Å²) in [6.45, 7) is 19.9. The first-order valence-corrected chi connectivity index (χ1v) is 37.1. The van der Waals surface area contributed by atoms with E-state index in [0.717, 1.165) is 134 Å². The normalized spacial score (nSPS) is 14.0. The predicted molar refractivity (Wildman–Crippen MR) is 458 cm³/mol. The van der Waals surface area contributed by atoms with Gasteiger partial charge in [0.25, 0.3) is 6.71 Å². The van der Waals surface area contributed by atoms with Crippen LogP contribution in [0.25, 0.3) is 122 Å². The molecule has 0 radical (unpaired) electrons. The average molecular weight is 1380 g/mol. The molecule has 0 unspecified atom stereocenters. The Morgan fingerprint density at radius 3 is 1.24 bits per heavy atom. The van der Waals surface area contributed by atoms with E-state index in [1.54, 1.807) is 0 Å². The topological polar surface area (TPSA) is 16.3 Å². The smallest absolute Gasteiger partial charge is 0.252 e. The minimum atomic E-state index is -0.579. The van der Waals surface area contributed by atoms with E-state index in [-0.39, 0.29) is 58.1 Å². The molecule has 0 fully saturated rings. The molecule has 15 aromatic carbocycles. The molecule has 0 bridgehead atoms. The second kappa shape index (κ2) is 25.1. The van der Waals surface area contributed by atoms with Gasteiger partial charge in [0.1, 0.15) is 0 Å². The third kappa shape index (κ3) is 11.1. The zero-order chi connectivity index (χ0) is 80.4. The molecule has 514 valence electrons. The molecule has 2 aliphatic heterocycles. The van der Waals surface area contributed by atoms with Crippen LogP contribution in [0.3, 0.4) is 0 Å². The van der Waals surface area contributed by atoms with Crippen molar-refractivity contribution in [3.05, 3.63) is 356 Å². The van der Waals surface area contributed by atoms with Gasteiger partial charge in [-0.25, -0.2) is 0 Å². The summed E-state index contributed by atoms with van der Waals surface area (Å²) in [7, 11) is 0. The van der Waals surface area contributed by atoms with Crippen LogP contribution < -0.4 is 26.2 Å². The number of rotatable bonds is 10. The molecule has 4 nitrogen and oxygen atoms in total. The lowest BCUT2D eigenvalue weighted by Crippen LogP contribution is -2.61. The highest BCUT2D eigenvalue weighted by molar-refractivity contribution is 7.00. The van der Waals surface area contributed by atoms with Crippen LogP contribution >= 0.6 is 0 Å². The van der Waals surface area contributed by atoms with Gasteiger partial charge >= 0.3 is 0 Å². The van der Waals surface area contributed by atoms with Gasteiger partial charge < -0.3 is 18.9 Å². The Bertz CT molecular complexity index is 6720. The number of anilines is 6. The quantitative estimate of drug-likeness (QED) is 0.127. The van der Waals surface area contributed by atoms with Crippen LogP contribution in [-0.2, 0) is 16.2 Å². The molecule has 0 spiro atoms. The third-order valence-electron chi connectivity index (χ3n) is 22.1. The van der Waals surface area contributed by atoms with E-state index < -0.39 is 24.8 Å². The lowest BCUT2D eigenvalue weighted by molar-refractivity contribution is 0.569. The van der Waals surface area contributed by atoms with Crippen LogP contribution in [-0.4, -0.2) is 15.8 Å². The molecular formula is C102H83BN4. The second-order valence-corrected chi connectivity index (χ2v) is 31.9. The molecule has 0 amide bonds. The summed E-state index contributed by atoms with van der Waals surface area (Å²) in [4.78, 5) is 4.81. The van der Waals surface area contributed by atoms with Crippen molar-refractivity contribution in [3.8, 4) is 78.1 Å². The molecule has 19 rings (SSSR count). The Balaban J connectivity index is 1.03. The van der Waals surface area contributed by atoms with Crippen molar-refractivity contribution in [2.24, 2.45) is 0 Å². The fourth-order valence-electron chi connectivity index (χ4n) is 16.6. The van der Waals surface area contributed by atoms with Crippen molar-refractivity contribution in [2.75, 3.05) is 9.80 Å². The molecule has 0 atom stereocenters. The minimum absolute atomic E-state index is 0.0641. The second-order valence-electron chi connectivity index (χ2n) is 31.9. The maximum Gasteiger partial charge on any atom is 0.252 e. The molecule has 0 saturated carbocycles. The van der Waals surface area contributed by atoms with Crippen molar-refractivity contribution in [2.45, 2.75) is 78.6 Å². The number of hydrogen-bond donors (Lipinski definition) is 0. The van der Waals surface area contributed by atoms with Gasteiger partial charge in [-0.05, 0) is 196 Å². The van der Waals surface area contributed by atoms with Crippen molar-refractivity contribution in [1.29, 1.82) is 0 Å². The fraction of sp³-hybridized carbons (Fsp3) is 0.118. The molecule has 2 aromatic heterocycles. The van der Waals surface area contributed by atoms with Crippen LogP contribution in [0.1, 0.15) is 91.3 Å². The van der Waals surface area contributed by atoms with Gasteiger partial charge in [-0.3, -0.25) is 0 Å². The molecular weight excluding hydrogens is 1290 g/mol. The standard InChI is InChI=1S/C102H83BN4/c1-100(2,3)76-54-75(55-77(60-76)101(4,5)6)72-48-51-89-95(59-72)107(99-85(69-37-21-13-22-38-69)61-78(102(7,8)9)62-86(99)70-39-23-14-24-40-70)97-65-81(105-92-46-30-27-43-84(92)87-63-79(49-52-93(87)105)104-90-44-28-25-41-82(90)83-42-26-29-45-91(83)104)64-96-98(97)103(89)88-50-47-71(66-31-15-10-16-32-66)58-94(88)106(96)80-56-73(67-33-17-11-18-34-67)53-74(57-80)68-35-19-12-20-36-68/h10-65H,1-9H3/i10D,15D,16D,27D,30D,31D,32D,43D,46D. The number of hydrogen-bond acceptors (Lipinski definition) is 2. The van der Waals surface area contributed by atoms with Gasteiger partial charge in [0.2, 0.25) is 0 Å². The van der Waals surface area contributed by atoms with E-state index in [4.69, 9.17) is 1.37 Å². The SMILES string of the molecule is [2H]c1c([2H])c([2H])c(-c2ccc3c(c2)N(c2cc(-c4ccccc4)cc(-c4ccccc4)c2)c2cc(-n4c5ccc(-n6c7ccccc7c7ccccc76)cc5c5c([2H])c([2H])c([2H])c([2H])c54)cc4c2B3c2ccc(-c3cc(C(C)(C)C)cc(C(C)(C)C)c3)cc2N4c2c(-c3ccccc3)cc(C(C)(C)C)cc2-c2ccccc2)c([2H])c1[2H]. The predicted octanol–water partition coefficient (Wildman–Crippen LogP) is 25.9. The number of para-hydroxylation sites is 3. The van der Waals surface area contributed by atoms with E-state index in [0.29, 0.717) is 38.7 Å². The first kappa shape index (κ1) is 56.0. The summed E-state index contributed by atoms with van der Waals surface area (Å²) >= 11 is 0. The number of aromatic nitrogens is 2. The molecule has 0 aliphatic carbocycles. The first-order valence-electron chi connectivity index (χ1n) is 41.6. The van der Waals surface area contributed by atoms with Gasteiger partial charge in [0.15, 0.2) is 0 Å². The molecule has 107 heavy (non-hydrogen) atoms. The monoisotopic (exact) mass is 1380 g/mol. The molecule has 5 heteroatoms. The van der Waals surface area contributed by atoms with Crippen molar-refractivity contribution in [3.63, 3.8) is 0 Å². The van der Waals surface area contributed by atoms with Gasteiger partial charge in [-0.2, -0.15) is 0 Å². The van der Waals surface area contributed by atoms with E-state index in [9.17, 15) is 11.0 Å². The van der Waals surface area contributed by atoms with Crippen molar-refractivity contribution in [1.82, 2.24) is 9.13 Å². The average Bonchev–Trinajstić information content (AvgIpc) is 0.964. The van der Waals surface area contributed by atoms with Crippen LogP contribution in [0, 0.1) is 0 Å². The highest BCUT2D eigenvalue weighted by Crippen LogP contribution is 2.54. The number of benzene rings is 15.